The lowest BCUT2D eigenvalue weighted by atomic mass is 9.77. The molecule has 2 aromatic rings. The number of hydrogen-bond donors (Lipinski definition) is 1. The van der Waals surface area contributed by atoms with Gasteiger partial charge in [0.25, 0.3) is 0 Å². The Hall–Kier alpha value is -1.76. The van der Waals surface area contributed by atoms with Gasteiger partial charge in [-0.2, -0.15) is 0 Å². The summed E-state index contributed by atoms with van der Waals surface area (Å²) in [5, 5.41) is 0. The van der Waals surface area contributed by atoms with E-state index < -0.39 is 0 Å². The molecule has 1 N–H and O–H groups in total. The number of imidazole rings is 1. The van der Waals surface area contributed by atoms with Crippen LogP contribution in [0.5, 0.6) is 0 Å². The number of piperidine rings is 1. The topological polar surface area (TPSA) is 51.3 Å². The molecule has 6 rings (SSSR count). The van der Waals surface area contributed by atoms with Crippen LogP contribution in [-0.2, 0) is 13.1 Å². The quantitative estimate of drug-likeness (QED) is 0.515. The predicted octanol–water partition coefficient (Wildman–Crippen LogP) is 5.49. The highest BCUT2D eigenvalue weighted by Crippen LogP contribution is 2.42. The highest BCUT2D eigenvalue weighted by atomic mass is 15.2. The van der Waals surface area contributed by atoms with Gasteiger partial charge in [0, 0.05) is 50.3 Å². The molecular weight excluding hydrogens is 456 g/mol. The molecule has 0 bridgehead atoms. The minimum atomic E-state index is 0.623. The second-order valence-electron chi connectivity index (χ2n) is 12.7. The van der Waals surface area contributed by atoms with Crippen molar-refractivity contribution >= 4 is 0 Å². The number of aromatic nitrogens is 3. The zero-order valence-corrected chi connectivity index (χ0v) is 22.9. The normalized spacial score (nSPS) is 27.8. The van der Waals surface area contributed by atoms with E-state index in [4.69, 9.17) is 0 Å². The Balaban J connectivity index is 0.975. The summed E-state index contributed by atoms with van der Waals surface area (Å²) in [6, 6.07) is 7.80. The minimum Gasteiger partial charge on any atom is -0.348 e. The number of nitrogens with one attached hydrogen (secondary N) is 1. The molecule has 0 aromatic carbocycles. The lowest BCUT2D eigenvalue weighted by Crippen LogP contribution is -2.47. The van der Waals surface area contributed by atoms with Gasteiger partial charge in [-0.25, -0.2) is 4.98 Å². The number of rotatable bonds is 8. The summed E-state index contributed by atoms with van der Waals surface area (Å²) in [4.78, 5) is 20.8. The molecule has 202 valence electrons. The van der Waals surface area contributed by atoms with E-state index in [1.807, 2.05) is 24.7 Å². The molecule has 2 saturated heterocycles. The highest BCUT2D eigenvalue weighted by molar-refractivity contribution is 5.04. The standard InChI is InChI=1S/C31H48N6/c1-2-7-28(8-3-1)36-20-14-31(15-21-36)13-19-35(25-31)22-26-9-11-29(12-10-26)37(24-30-33-17-18-34-30)23-27-6-4-5-16-32-27/h4-6,16-18,26,28-29H,1-3,7-15,19-25H2,(H,33,34). The van der Waals surface area contributed by atoms with Gasteiger partial charge in [-0.15, -0.1) is 0 Å². The molecule has 37 heavy (non-hydrogen) atoms. The molecule has 2 aliphatic carbocycles. The first-order valence-corrected chi connectivity index (χ1v) is 15.3. The van der Waals surface area contributed by atoms with E-state index in [2.05, 4.69) is 41.8 Å². The Labute approximate surface area is 224 Å². The first-order valence-electron chi connectivity index (χ1n) is 15.3. The van der Waals surface area contributed by atoms with E-state index in [-0.39, 0.29) is 0 Å². The molecule has 0 unspecified atom stereocenters. The second kappa shape index (κ2) is 12.0. The summed E-state index contributed by atoms with van der Waals surface area (Å²) in [6.07, 6.45) is 22.7. The van der Waals surface area contributed by atoms with E-state index in [0.29, 0.717) is 11.5 Å². The number of nitrogens with zero attached hydrogens (tertiary/aromatic N) is 5. The maximum atomic E-state index is 4.62. The van der Waals surface area contributed by atoms with Gasteiger partial charge in [-0.3, -0.25) is 9.88 Å². The fourth-order valence-corrected chi connectivity index (χ4v) is 8.05. The number of aromatic amines is 1. The summed E-state index contributed by atoms with van der Waals surface area (Å²) < 4.78 is 0. The van der Waals surface area contributed by atoms with Crippen LogP contribution in [0.2, 0.25) is 0 Å². The van der Waals surface area contributed by atoms with E-state index in [0.717, 1.165) is 36.6 Å². The maximum Gasteiger partial charge on any atom is 0.120 e. The summed E-state index contributed by atoms with van der Waals surface area (Å²) in [5.41, 5.74) is 1.79. The van der Waals surface area contributed by atoms with Gasteiger partial charge >= 0.3 is 0 Å². The van der Waals surface area contributed by atoms with Gasteiger partial charge in [-0.05, 0) is 101 Å². The number of pyridine rings is 1. The first-order chi connectivity index (χ1) is 18.2. The molecule has 4 fully saturated rings. The van der Waals surface area contributed by atoms with Crippen LogP contribution in [0.3, 0.4) is 0 Å². The molecule has 6 heteroatoms. The largest absolute Gasteiger partial charge is 0.348 e. The van der Waals surface area contributed by atoms with Crippen molar-refractivity contribution in [1.82, 2.24) is 29.7 Å². The predicted molar refractivity (Wildman–Crippen MR) is 149 cm³/mol. The van der Waals surface area contributed by atoms with Gasteiger partial charge in [-0.1, -0.05) is 25.3 Å². The Morgan fingerprint density at radius 1 is 0.865 bits per heavy atom. The average Bonchev–Trinajstić information content (AvgIpc) is 3.61. The number of likely N-dealkylation sites (tertiary alicyclic amines) is 2. The van der Waals surface area contributed by atoms with E-state index in [9.17, 15) is 0 Å². The monoisotopic (exact) mass is 504 g/mol. The van der Waals surface area contributed by atoms with Crippen LogP contribution in [0.4, 0.5) is 0 Å². The second-order valence-corrected chi connectivity index (χ2v) is 12.7. The van der Waals surface area contributed by atoms with Crippen molar-refractivity contribution in [3.63, 3.8) is 0 Å². The van der Waals surface area contributed by atoms with Crippen LogP contribution in [-0.4, -0.2) is 74.5 Å². The fraction of sp³-hybridized carbons (Fsp3) is 0.742. The molecule has 2 saturated carbocycles. The molecule has 4 aliphatic rings. The summed E-state index contributed by atoms with van der Waals surface area (Å²) in [7, 11) is 0. The molecule has 0 atom stereocenters. The third-order valence-electron chi connectivity index (χ3n) is 10.3. The Morgan fingerprint density at radius 2 is 1.68 bits per heavy atom. The van der Waals surface area contributed by atoms with Crippen LogP contribution in [0, 0.1) is 11.3 Å². The van der Waals surface area contributed by atoms with Crippen molar-refractivity contribution in [3.8, 4) is 0 Å². The van der Waals surface area contributed by atoms with Gasteiger partial charge in [0.2, 0.25) is 0 Å². The van der Waals surface area contributed by atoms with E-state index in [1.165, 1.54) is 110 Å². The molecule has 2 aromatic heterocycles. The summed E-state index contributed by atoms with van der Waals surface area (Å²) in [5.74, 6) is 1.93. The highest BCUT2D eigenvalue weighted by Gasteiger charge is 2.42. The molecule has 0 amide bonds. The fourth-order valence-electron chi connectivity index (χ4n) is 8.05. The lowest BCUT2D eigenvalue weighted by molar-refractivity contribution is 0.0589. The Morgan fingerprint density at radius 3 is 2.41 bits per heavy atom. The third-order valence-corrected chi connectivity index (χ3v) is 10.3. The van der Waals surface area contributed by atoms with Crippen LogP contribution in [0.25, 0.3) is 0 Å². The van der Waals surface area contributed by atoms with Crippen LogP contribution in [0.1, 0.15) is 88.6 Å². The molecule has 2 aliphatic heterocycles. The average molecular weight is 505 g/mol. The lowest BCUT2D eigenvalue weighted by Gasteiger charge is -2.44. The van der Waals surface area contributed by atoms with Crippen LogP contribution in [0.15, 0.2) is 36.8 Å². The summed E-state index contributed by atoms with van der Waals surface area (Å²) in [6.45, 7) is 8.56. The van der Waals surface area contributed by atoms with Crippen molar-refractivity contribution in [2.75, 3.05) is 32.7 Å². The zero-order valence-electron chi connectivity index (χ0n) is 22.9. The number of H-pyrrole nitrogens is 1. The van der Waals surface area contributed by atoms with Gasteiger partial charge in [0.1, 0.15) is 5.82 Å². The first kappa shape index (κ1) is 25.5. The minimum absolute atomic E-state index is 0.623. The Kier molecular flexibility index (Phi) is 8.25. The Bertz CT molecular complexity index is 924. The summed E-state index contributed by atoms with van der Waals surface area (Å²) >= 11 is 0. The van der Waals surface area contributed by atoms with Crippen LogP contribution >= 0.6 is 0 Å². The van der Waals surface area contributed by atoms with Gasteiger partial charge < -0.3 is 14.8 Å². The molecular formula is C31H48N6. The SMILES string of the molecule is c1ccc(CN(Cc2ncc[nH]2)C2CCC(CN3CCC4(CCN(C5CCCCC5)CC4)C3)CC2)nc1. The van der Waals surface area contributed by atoms with Crippen molar-refractivity contribution in [2.24, 2.45) is 11.3 Å². The van der Waals surface area contributed by atoms with E-state index >= 15 is 0 Å². The molecule has 0 radical (unpaired) electrons. The molecule has 6 nitrogen and oxygen atoms in total. The van der Waals surface area contributed by atoms with Crippen molar-refractivity contribution < 1.29 is 0 Å². The smallest absolute Gasteiger partial charge is 0.120 e. The van der Waals surface area contributed by atoms with E-state index in [1.54, 1.807) is 0 Å². The van der Waals surface area contributed by atoms with Crippen LogP contribution < -0.4 is 0 Å². The maximum absolute atomic E-state index is 4.62. The molecule has 4 heterocycles. The van der Waals surface area contributed by atoms with Crippen molar-refractivity contribution in [2.45, 2.75) is 102 Å². The van der Waals surface area contributed by atoms with Crippen molar-refractivity contribution in [1.29, 1.82) is 0 Å². The zero-order chi connectivity index (χ0) is 24.9. The van der Waals surface area contributed by atoms with Gasteiger partial charge in [0.05, 0.1) is 12.2 Å². The van der Waals surface area contributed by atoms with Gasteiger partial charge in [0.15, 0.2) is 0 Å². The third kappa shape index (κ3) is 6.46. The number of hydrogen-bond acceptors (Lipinski definition) is 5. The van der Waals surface area contributed by atoms with Crippen molar-refractivity contribution in [3.05, 3.63) is 48.3 Å². The molecule has 1 spiro atoms.